The van der Waals surface area contributed by atoms with Crippen LogP contribution in [0.15, 0.2) is 23.3 Å². The molecule has 120 valence electrons. The maximum atomic E-state index is 11.8. The predicted molar refractivity (Wildman–Crippen MR) is 86.6 cm³/mol. The molecule has 1 aliphatic heterocycles. The smallest absolute Gasteiger partial charge is 0.243 e. The quantitative estimate of drug-likeness (QED) is 0.859. The fraction of sp³-hybridized carbons (Fsp3) is 0.529. The first-order chi connectivity index (χ1) is 10.3. The minimum absolute atomic E-state index is 0.0143. The van der Waals surface area contributed by atoms with Crippen LogP contribution in [0.3, 0.4) is 0 Å². The van der Waals surface area contributed by atoms with E-state index in [9.17, 15) is 4.79 Å². The minimum atomic E-state index is -0.0217. The molecule has 1 aliphatic rings. The first-order valence-electron chi connectivity index (χ1n) is 7.41. The molecule has 0 bridgehead atoms. The maximum absolute atomic E-state index is 11.8. The van der Waals surface area contributed by atoms with Crippen LogP contribution in [-0.4, -0.2) is 37.9 Å². The van der Waals surface area contributed by atoms with Crippen molar-refractivity contribution in [2.75, 3.05) is 20.8 Å². The van der Waals surface area contributed by atoms with Crippen LogP contribution in [0.4, 0.5) is 0 Å². The Bertz CT molecular complexity index is 576. The van der Waals surface area contributed by atoms with Crippen molar-refractivity contribution in [3.8, 4) is 11.5 Å². The summed E-state index contributed by atoms with van der Waals surface area (Å²) < 4.78 is 11.3. The van der Waals surface area contributed by atoms with Gasteiger partial charge in [-0.05, 0) is 23.1 Å². The van der Waals surface area contributed by atoms with E-state index >= 15 is 0 Å². The van der Waals surface area contributed by atoms with Gasteiger partial charge in [0, 0.05) is 25.6 Å². The van der Waals surface area contributed by atoms with Crippen molar-refractivity contribution >= 4 is 12.1 Å². The third-order valence-corrected chi connectivity index (χ3v) is 3.45. The van der Waals surface area contributed by atoms with Gasteiger partial charge in [-0.3, -0.25) is 4.79 Å². The van der Waals surface area contributed by atoms with Gasteiger partial charge in [-0.1, -0.05) is 26.8 Å². The number of methoxy groups -OCH3 is 1. The second-order valence-electron chi connectivity index (χ2n) is 6.75. The molecule has 1 aromatic rings. The SMILES string of the molecule is COc1ccc(C2C=NN(C)C(=O)C2)cc1OCC(C)(C)C. The predicted octanol–water partition coefficient (Wildman–Crippen LogP) is 3.05. The molecule has 0 fully saturated rings. The molecule has 0 saturated heterocycles. The molecule has 1 amide bonds. The van der Waals surface area contributed by atoms with Gasteiger partial charge in [0.05, 0.1) is 13.7 Å². The van der Waals surface area contributed by atoms with Gasteiger partial charge in [0.1, 0.15) is 0 Å². The monoisotopic (exact) mass is 304 g/mol. The molecular formula is C17H24N2O3. The number of rotatable bonds is 4. The lowest BCUT2D eigenvalue weighted by Crippen LogP contribution is -2.28. The second kappa shape index (κ2) is 6.38. The number of hydrogen-bond acceptors (Lipinski definition) is 4. The van der Waals surface area contributed by atoms with Crippen molar-refractivity contribution < 1.29 is 14.3 Å². The molecule has 0 saturated carbocycles. The van der Waals surface area contributed by atoms with Gasteiger partial charge >= 0.3 is 0 Å². The van der Waals surface area contributed by atoms with Gasteiger partial charge in [0.25, 0.3) is 0 Å². The first-order valence-corrected chi connectivity index (χ1v) is 7.41. The van der Waals surface area contributed by atoms with Crippen LogP contribution in [0.25, 0.3) is 0 Å². The lowest BCUT2D eigenvalue weighted by Gasteiger charge is -2.23. The number of ether oxygens (including phenoxy) is 2. The van der Waals surface area contributed by atoms with Gasteiger partial charge < -0.3 is 9.47 Å². The van der Waals surface area contributed by atoms with Crippen LogP contribution < -0.4 is 9.47 Å². The van der Waals surface area contributed by atoms with E-state index < -0.39 is 0 Å². The number of hydrazone groups is 1. The van der Waals surface area contributed by atoms with Crippen LogP contribution in [0.2, 0.25) is 0 Å². The van der Waals surface area contributed by atoms with E-state index in [2.05, 4.69) is 25.9 Å². The van der Waals surface area contributed by atoms with Gasteiger partial charge in [-0.15, -0.1) is 0 Å². The fourth-order valence-corrected chi connectivity index (χ4v) is 2.15. The van der Waals surface area contributed by atoms with Gasteiger partial charge in [0.15, 0.2) is 11.5 Å². The van der Waals surface area contributed by atoms with Crippen LogP contribution in [-0.2, 0) is 4.79 Å². The summed E-state index contributed by atoms with van der Waals surface area (Å²) in [5.74, 6) is 1.39. The Morgan fingerprint density at radius 2 is 2.05 bits per heavy atom. The molecule has 0 radical (unpaired) electrons. The topological polar surface area (TPSA) is 51.1 Å². The normalized spacial score (nSPS) is 18.5. The highest BCUT2D eigenvalue weighted by molar-refractivity contribution is 5.86. The lowest BCUT2D eigenvalue weighted by atomic mass is 9.95. The van der Waals surface area contributed by atoms with Crippen molar-refractivity contribution in [2.45, 2.75) is 33.1 Å². The zero-order chi connectivity index (χ0) is 16.3. The Hall–Kier alpha value is -2.04. The van der Waals surface area contributed by atoms with E-state index in [1.165, 1.54) is 5.01 Å². The summed E-state index contributed by atoms with van der Waals surface area (Å²) in [7, 11) is 3.29. The summed E-state index contributed by atoms with van der Waals surface area (Å²) in [5.41, 5.74) is 1.07. The first kappa shape index (κ1) is 16.3. The summed E-state index contributed by atoms with van der Waals surface area (Å²) in [6.07, 6.45) is 2.22. The maximum Gasteiger partial charge on any atom is 0.243 e. The van der Waals surface area contributed by atoms with Crippen LogP contribution in [0, 0.1) is 5.41 Å². The van der Waals surface area contributed by atoms with E-state index in [1.54, 1.807) is 20.4 Å². The molecule has 0 N–H and O–H groups in total. The number of benzene rings is 1. The van der Waals surface area contributed by atoms with Crippen molar-refractivity contribution in [3.05, 3.63) is 23.8 Å². The van der Waals surface area contributed by atoms with Gasteiger partial charge in [-0.2, -0.15) is 5.10 Å². The molecule has 5 nitrogen and oxygen atoms in total. The summed E-state index contributed by atoms with van der Waals surface area (Å²) >= 11 is 0. The summed E-state index contributed by atoms with van der Waals surface area (Å²) in [6, 6.07) is 5.78. The Kier molecular flexibility index (Phi) is 4.74. The van der Waals surface area contributed by atoms with Crippen molar-refractivity contribution in [2.24, 2.45) is 10.5 Å². The molecule has 22 heavy (non-hydrogen) atoms. The molecule has 0 aliphatic carbocycles. The summed E-state index contributed by atoms with van der Waals surface area (Å²) in [4.78, 5) is 11.8. The third-order valence-electron chi connectivity index (χ3n) is 3.45. The molecule has 0 aromatic heterocycles. The van der Waals surface area contributed by atoms with E-state index in [0.717, 1.165) is 5.56 Å². The third kappa shape index (κ3) is 4.00. The molecule has 5 heteroatoms. The van der Waals surface area contributed by atoms with Gasteiger partial charge in [-0.25, -0.2) is 5.01 Å². The Balaban J connectivity index is 2.23. The van der Waals surface area contributed by atoms with Crippen LogP contribution >= 0.6 is 0 Å². The van der Waals surface area contributed by atoms with Crippen molar-refractivity contribution in [1.29, 1.82) is 0 Å². The van der Waals surface area contributed by atoms with Crippen LogP contribution in [0.5, 0.6) is 11.5 Å². The zero-order valence-electron chi connectivity index (χ0n) is 13.9. The number of carbonyl (C=O) groups excluding carboxylic acids is 1. The van der Waals surface area contributed by atoms with Crippen molar-refractivity contribution in [1.82, 2.24) is 5.01 Å². The highest BCUT2D eigenvalue weighted by Gasteiger charge is 2.23. The van der Waals surface area contributed by atoms with E-state index in [-0.39, 0.29) is 17.2 Å². The van der Waals surface area contributed by atoms with Crippen LogP contribution in [0.1, 0.15) is 38.7 Å². The zero-order valence-corrected chi connectivity index (χ0v) is 13.9. The molecule has 1 atom stereocenters. The number of amides is 1. The molecular weight excluding hydrogens is 280 g/mol. The largest absolute Gasteiger partial charge is 0.493 e. The molecule has 1 aromatic carbocycles. The fourth-order valence-electron chi connectivity index (χ4n) is 2.15. The average Bonchev–Trinajstić information content (AvgIpc) is 2.47. The average molecular weight is 304 g/mol. The Morgan fingerprint density at radius 3 is 2.64 bits per heavy atom. The summed E-state index contributed by atoms with van der Waals surface area (Å²) in [5, 5.41) is 5.48. The molecule has 2 rings (SSSR count). The molecule has 1 unspecified atom stereocenters. The Morgan fingerprint density at radius 1 is 1.32 bits per heavy atom. The lowest BCUT2D eigenvalue weighted by molar-refractivity contribution is -0.130. The minimum Gasteiger partial charge on any atom is -0.493 e. The highest BCUT2D eigenvalue weighted by atomic mass is 16.5. The summed E-state index contributed by atoms with van der Waals surface area (Å²) in [6.45, 7) is 6.94. The van der Waals surface area contributed by atoms with E-state index in [1.807, 2.05) is 18.2 Å². The Labute approximate surface area is 131 Å². The van der Waals surface area contributed by atoms with E-state index in [4.69, 9.17) is 9.47 Å². The number of nitrogens with zero attached hydrogens (tertiary/aromatic N) is 2. The standard InChI is InChI=1S/C17H24N2O3/c1-17(2,3)11-22-15-8-12(6-7-14(15)21-5)13-9-16(20)19(4)18-10-13/h6-8,10,13H,9,11H2,1-5H3. The second-order valence-corrected chi connectivity index (χ2v) is 6.75. The number of carbonyl (C=O) groups is 1. The van der Waals surface area contributed by atoms with E-state index in [0.29, 0.717) is 24.5 Å². The highest BCUT2D eigenvalue weighted by Crippen LogP contribution is 2.33. The van der Waals surface area contributed by atoms with Crippen molar-refractivity contribution in [3.63, 3.8) is 0 Å². The molecule has 1 heterocycles. The number of hydrogen-bond donors (Lipinski definition) is 0. The van der Waals surface area contributed by atoms with Gasteiger partial charge in [0.2, 0.25) is 5.91 Å². The molecule has 0 spiro atoms.